The van der Waals surface area contributed by atoms with Gasteiger partial charge in [0.15, 0.2) is 21.3 Å². The molecule has 1 fully saturated rings. The number of aryl methyl sites for hydroxylation is 2. The summed E-state index contributed by atoms with van der Waals surface area (Å²) in [5, 5.41) is 14.4. The van der Waals surface area contributed by atoms with E-state index in [1.807, 2.05) is 30.9 Å². The van der Waals surface area contributed by atoms with E-state index in [1.165, 1.54) is 7.11 Å². The molecule has 0 spiro atoms. The Bertz CT molecular complexity index is 1720. The van der Waals surface area contributed by atoms with Crippen LogP contribution in [0.5, 0.6) is 23.0 Å². The van der Waals surface area contributed by atoms with Crippen molar-refractivity contribution in [1.82, 2.24) is 4.90 Å². The highest BCUT2D eigenvalue weighted by atomic mass is 35.5. The standard InChI is InChI=1S/C34H39ClN2O9S/c1-5-20-13-24(35)14-21(6-2)31(20)36-29(38)18-37-17-26(23-15-27(43-3)33-28(16-23)45-19-46-33)30(34(39)40)32(37)22-7-9-25(10-8-22)44-11-12-47(4,41)42/h7-10,13-16,26,30,32H,5-6,11-12,17-19H2,1-4H3,(H,36,38)(H,39,40)/t26-,30?,32+/m1/s1. The van der Waals surface area contributed by atoms with Gasteiger partial charge in [-0.15, -0.1) is 0 Å². The highest BCUT2D eigenvalue weighted by Crippen LogP contribution is 2.50. The number of carbonyl (C=O) groups excluding carboxylic acids is 1. The van der Waals surface area contributed by atoms with E-state index < -0.39 is 33.7 Å². The van der Waals surface area contributed by atoms with Gasteiger partial charge in [0.25, 0.3) is 0 Å². The Morgan fingerprint density at radius 3 is 2.32 bits per heavy atom. The summed E-state index contributed by atoms with van der Waals surface area (Å²) in [5.41, 5.74) is 3.92. The fourth-order valence-electron chi connectivity index (χ4n) is 6.37. The number of nitrogens with zero attached hydrogens (tertiary/aromatic N) is 1. The molecular weight excluding hydrogens is 648 g/mol. The number of likely N-dealkylation sites (tertiary alicyclic amines) is 1. The smallest absolute Gasteiger partial charge is 0.309 e. The molecule has 3 aromatic carbocycles. The van der Waals surface area contributed by atoms with Gasteiger partial charge < -0.3 is 29.4 Å². The van der Waals surface area contributed by atoms with Crippen LogP contribution < -0.4 is 24.3 Å². The summed E-state index contributed by atoms with van der Waals surface area (Å²) in [6.45, 7) is 4.19. The minimum Gasteiger partial charge on any atom is -0.493 e. The van der Waals surface area contributed by atoms with Crippen LogP contribution in [-0.4, -0.2) is 75.9 Å². The number of hydrogen-bond donors (Lipinski definition) is 2. The molecule has 5 rings (SSSR count). The number of anilines is 1. The van der Waals surface area contributed by atoms with Gasteiger partial charge in [0, 0.05) is 35.5 Å². The highest BCUT2D eigenvalue weighted by Gasteiger charge is 2.48. The zero-order valence-corrected chi connectivity index (χ0v) is 28.3. The second-order valence-corrected chi connectivity index (χ2v) is 14.4. The zero-order chi connectivity index (χ0) is 33.9. The van der Waals surface area contributed by atoms with E-state index in [1.54, 1.807) is 36.4 Å². The minimum absolute atomic E-state index is 0.0100. The number of carboxylic acid groups (broad SMARTS) is 1. The predicted molar refractivity (Wildman–Crippen MR) is 178 cm³/mol. The lowest BCUT2D eigenvalue weighted by atomic mass is 9.82. The second kappa shape index (κ2) is 14.4. The van der Waals surface area contributed by atoms with E-state index in [0.29, 0.717) is 52.0 Å². The number of hydrogen-bond acceptors (Lipinski definition) is 9. The van der Waals surface area contributed by atoms with Crippen molar-refractivity contribution >= 4 is 39.0 Å². The molecular formula is C34H39ClN2O9S. The SMILES string of the molecule is CCc1cc(Cl)cc(CC)c1NC(=O)CN1C[C@H](c2cc(OC)c3c(c2)OCO3)C(C(=O)O)[C@@H]1c1ccc(OCCS(C)(=O)=O)cc1. The summed E-state index contributed by atoms with van der Waals surface area (Å²) in [7, 11) is -1.68. The van der Waals surface area contributed by atoms with Crippen molar-refractivity contribution < 1.29 is 42.1 Å². The largest absolute Gasteiger partial charge is 0.493 e. The maximum atomic E-state index is 13.7. The van der Waals surface area contributed by atoms with E-state index in [9.17, 15) is 23.1 Å². The van der Waals surface area contributed by atoms with Crippen LogP contribution in [-0.2, 0) is 32.3 Å². The number of nitrogens with one attached hydrogen (secondary N) is 1. The molecule has 252 valence electrons. The molecule has 0 aliphatic carbocycles. The van der Waals surface area contributed by atoms with Crippen molar-refractivity contribution in [2.24, 2.45) is 5.92 Å². The molecule has 1 saturated heterocycles. The van der Waals surface area contributed by atoms with Crippen LogP contribution in [0.3, 0.4) is 0 Å². The summed E-state index contributed by atoms with van der Waals surface area (Å²) in [6, 6.07) is 13.4. The summed E-state index contributed by atoms with van der Waals surface area (Å²) >= 11 is 6.34. The van der Waals surface area contributed by atoms with Gasteiger partial charge in [0.2, 0.25) is 18.4 Å². The maximum absolute atomic E-state index is 13.7. The highest BCUT2D eigenvalue weighted by molar-refractivity contribution is 7.90. The van der Waals surface area contributed by atoms with Gasteiger partial charge in [-0.1, -0.05) is 37.6 Å². The van der Waals surface area contributed by atoms with E-state index >= 15 is 0 Å². The third-order valence-electron chi connectivity index (χ3n) is 8.58. The number of amides is 1. The maximum Gasteiger partial charge on any atom is 0.309 e. The number of rotatable bonds is 13. The van der Waals surface area contributed by atoms with E-state index in [2.05, 4.69) is 5.32 Å². The Morgan fingerprint density at radius 2 is 1.72 bits per heavy atom. The number of aliphatic carboxylic acids is 1. The van der Waals surface area contributed by atoms with Crippen molar-refractivity contribution in [3.05, 3.63) is 75.8 Å². The molecule has 2 N–H and O–H groups in total. The summed E-state index contributed by atoms with van der Waals surface area (Å²) < 4.78 is 45.4. The molecule has 2 aliphatic heterocycles. The Balaban J connectivity index is 1.49. The number of sulfone groups is 1. The van der Waals surface area contributed by atoms with Crippen molar-refractivity contribution in [2.75, 3.05) is 50.9 Å². The molecule has 0 saturated carbocycles. The van der Waals surface area contributed by atoms with Crippen molar-refractivity contribution in [3.63, 3.8) is 0 Å². The number of ether oxygens (including phenoxy) is 4. The van der Waals surface area contributed by atoms with Crippen LogP contribution in [0.15, 0.2) is 48.5 Å². The first-order chi connectivity index (χ1) is 22.4. The van der Waals surface area contributed by atoms with E-state index in [0.717, 1.165) is 23.1 Å². The first kappa shape index (κ1) is 34.3. The van der Waals surface area contributed by atoms with Crippen LogP contribution >= 0.6 is 11.6 Å². The number of benzene rings is 3. The van der Waals surface area contributed by atoms with Gasteiger partial charge in [-0.2, -0.15) is 0 Å². The molecule has 3 aromatic rings. The predicted octanol–water partition coefficient (Wildman–Crippen LogP) is 5.11. The number of carboxylic acids is 1. The third kappa shape index (κ3) is 7.77. The van der Waals surface area contributed by atoms with Crippen LogP contribution in [0.4, 0.5) is 5.69 Å². The first-order valence-electron chi connectivity index (χ1n) is 15.4. The molecule has 2 heterocycles. The zero-order valence-electron chi connectivity index (χ0n) is 26.7. The van der Waals surface area contributed by atoms with Crippen LogP contribution in [0.2, 0.25) is 5.02 Å². The van der Waals surface area contributed by atoms with Gasteiger partial charge in [0.1, 0.15) is 12.4 Å². The van der Waals surface area contributed by atoms with Crippen LogP contribution in [0.25, 0.3) is 0 Å². The van der Waals surface area contributed by atoms with Crippen molar-refractivity contribution in [2.45, 2.75) is 38.6 Å². The molecule has 2 aliphatic rings. The quantitative estimate of drug-likeness (QED) is 0.249. The molecule has 1 amide bonds. The Labute approximate surface area is 279 Å². The molecule has 13 heteroatoms. The fourth-order valence-corrected chi connectivity index (χ4v) is 7.02. The molecule has 0 radical (unpaired) electrons. The average molecular weight is 687 g/mol. The number of methoxy groups -OCH3 is 1. The van der Waals surface area contributed by atoms with E-state index in [4.69, 9.17) is 30.5 Å². The van der Waals surface area contributed by atoms with Crippen LogP contribution in [0, 0.1) is 5.92 Å². The lowest BCUT2D eigenvalue weighted by molar-refractivity contribution is -0.143. The number of fused-ring (bicyclic) bond motifs is 1. The Morgan fingerprint density at radius 1 is 1.04 bits per heavy atom. The van der Waals surface area contributed by atoms with Gasteiger partial charge in [0.05, 0.1) is 25.3 Å². The molecule has 0 bridgehead atoms. The van der Waals surface area contributed by atoms with Gasteiger partial charge in [-0.05, 0) is 71.5 Å². The van der Waals surface area contributed by atoms with Gasteiger partial charge in [-0.3, -0.25) is 14.5 Å². The second-order valence-electron chi connectivity index (χ2n) is 11.7. The Hall–Kier alpha value is -4.00. The van der Waals surface area contributed by atoms with Crippen molar-refractivity contribution in [1.29, 1.82) is 0 Å². The summed E-state index contributed by atoms with van der Waals surface area (Å²) in [6.07, 6.45) is 2.48. The number of halogens is 1. The number of carbonyl (C=O) groups is 2. The molecule has 3 atom stereocenters. The lowest BCUT2D eigenvalue weighted by Crippen LogP contribution is -2.35. The fraction of sp³-hybridized carbons (Fsp3) is 0.412. The van der Waals surface area contributed by atoms with Gasteiger partial charge in [-0.25, -0.2) is 8.42 Å². The van der Waals surface area contributed by atoms with Crippen LogP contribution in [0.1, 0.15) is 48.1 Å². The molecule has 11 nitrogen and oxygen atoms in total. The summed E-state index contributed by atoms with van der Waals surface area (Å²) in [4.78, 5) is 28.7. The Kier molecular flexibility index (Phi) is 10.5. The van der Waals surface area contributed by atoms with Crippen molar-refractivity contribution in [3.8, 4) is 23.0 Å². The third-order valence-corrected chi connectivity index (χ3v) is 9.70. The summed E-state index contributed by atoms with van der Waals surface area (Å²) in [5.74, 6) is -1.10. The molecule has 0 aromatic heterocycles. The molecule has 1 unspecified atom stereocenters. The minimum atomic E-state index is -3.19. The normalized spacial score (nSPS) is 19.0. The topological polar surface area (TPSA) is 141 Å². The van der Waals surface area contributed by atoms with Gasteiger partial charge >= 0.3 is 5.97 Å². The lowest BCUT2D eigenvalue weighted by Gasteiger charge is -2.27. The first-order valence-corrected chi connectivity index (χ1v) is 17.8. The monoisotopic (exact) mass is 686 g/mol. The molecule has 47 heavy (non-hydrogen) atoms. The van der Waals surface area contributed by atoms with E-state index in [-0.39, 0.29) is 38.1 Å². The average Bonchev–Trinajstić information content (AvgIpc) is 3.66.